The summed E-state index contributed by atoms with van der Waals surface area (Å²) in [4.78, 5) is 16.0. The molecule has 24 heavy (non-hydrogen) atoms. The molecule has 1 atom stereocenters. The van der Waals surface area contributed by atoms with Crippen molar-refractivity contribution in [1.82, 2.24) is 14.9 Å². The molecule has 1 aromatic heterocycles. The van der Waals surface area contributed by atoms with E-state index in [0.717, 1.165) is 46.8 Å². The highest BCUT2D eigenvalue weighted by Gasteiger charge is 2.34. The summed E-state index contributed by atoms with van der Waals surface area (Å²) in [7, 11) is 0. The molecule has 0 bridgehead atoms. The monoisotopic (exact) mass is 335 g/mol. The molecule has 3 heterocycles. The molecule has 1 N–H and O–H groups in total. The Morgan fingerprint density at radius 2 is 2.04 bits per heavy atom. The average molecular weight is 336 g/mol. The Morgan fingerprint density at radius 3 is 3.00 bits per heavy atom. The Hall–Kier alpha value is -2.66. The van der Waals surface area contributed by atoms with E-state index in [1.807, 2.05) is 30.3 Å². The number of anilines is 1. The number of benzene rings is 2. The molecule has 2 aromatic carbocycles. The van der Waals surface area contributed by atoms with E-state index in [0.29, 0.717) is 5.02 Å². The second-order valence-corrected chi connectivity index (χ2v) is 6.34. The fraction of sp³-hybridized carbons (Fsp3) is 0.167. The Kier molecular flexibility index (Phi) is 2.97. The van der Waals surface area contributed by atoms with Gasteiger partial charge in [0, 0.05) is 40.8 Å². The van der Waals surface area contributed by atoms with Crippen molar-refractivity contribution in [3.05, 3.63) is 64.9 Å². The van der Waals surface area contributed by atoms with Crippen molar-refractivity contribution in [2.75, 3.05) is 18.4 Å². The van der Waals surface area contributed by atoms with Crippen molar-refractivity contribution in [2.45, 2.75) is 6.17 Å². The van der Waals surface area contributed by atoms with Gasteiger partial charge in [0.15, 0.2) is 0 Å². The normalized spacial score (nSPS) is 18.8. The van der Waals surface area contributed by atoms with Crippen LogP contribution < -0.4 is 5.32 Å². The molecular weight excluding hydrogens is 322 g/mol. The molecule has 0 saturated heterocycles. The first-order valence-corrected chi connectivity index (χ1v) is 8.26. The van der Waals surface area contributed by atoms with Gasteiger partial charge in [-0.1, -0.05) is 23.7 Å². The zero-order chi connectivity index (χ0) is 16.1. The molecule has 0 unspecified atom stereocenters. The Labute approximate surface area is 144 Å². The van der Waals surface area contributed by atoms with Gasteiger partial charge in [-0.2, -0.15) is 0 Å². The third-order valence-corrected chi connectivity index (χ3v) is 4.76. The molecule has 2 aliphatic rings. The predicted octanol–water partition coefficient (Wildman–Crippen LogP) is 3.47. The summed E-state index contributed by atoms with van der Waals surface area (Å²) in [5, 5.41) is 4.32. The van der Waals surface area contributed by atoms with Gasteiger partial charge in [0.1, 0.15) is 12.0 Å². The smallest absolute Gasteiger partial charge is 0.135 e. The number of nitrogens with one attached hydrogen (secondary N) is 1. The number of para-hydroxylation sites is 1. The Morgan fingerprint density at radius 1 is 1.12 bits per heavy atom. The first kappa shape index (κ1) is 13.7. The van der Waals surface area contributed by atoms with Crippen LogP contribution in [0.15, 0.2) is 53.8 Å². The zero-order valence-corrected chi connectivity index (χ0v) is 13.5. The third kappa shape index (κ3) is 1.98. The third-order valence-electron chi connectivity index (χ3n) is 4.53. The average Bonchev–Trinajstić information content (AvgIpc) is 3.10. The summed E-state index contributed by atoms with van der Waals surface area (Å²) in [5.74, 6) is 1.02. The largest absolute Gasteiger partial charge is 0.361 e. The molecule has 5 nitrogen and oxygen atoms in total. The summed E-state index contributed by atoms with van der Waals surface area (Å²) < 4.78 is 0. The maximum Gasteiger partial charge on any atom is 0.135 e. The van der Waals surface area contributed by atoms with Crippen LogP contribution in [0.5, 0.6) is 0 Å². The van der Waals surface area contributed by atoms with E-state index in [4.69, 9.17) is 16.6 Å². The number of aliphatic imine (C=N–C) groups is 1. The van der Waals surface area contributed by atoms with Crippen LogP contribution in [0.4, 0.5) is 5.69 Å². The maximum absolute atomic E-state index is 6.19. The van der Waals surface area contributed by atoms with E-state index < -0.39 is 0 Å². The molecular formula is C18H14ClN5. The molecule has 5 rings (SSSR count). The molecule has 0 fully saturated rings. The zero-order valence-electron chi connectivity index (χ0n) is 12.8. The van der Waals surface area contributed by atoms with E-state index in [-0.39, 0.29) is 6.17 Å². The van der Waals surface area contributed by atoms with E-state index in [2.05, 4.69) is 26.3 Å². The van der Waals surface area contributed by atoms with E-state index in [1.54, 1.807) is 12.4 Å². The van der Waals surface area contributed by atoms with Gasteiger partial charge in [0.2, 0.25) is 0 Å². The second-order valence-electron chi connectivity index (χ2n) is 5.91. The SMILES string of the molecule is Clc1ccc2c(c1)N[C@H](c1cccc3nccnc13)N1CCN=C21. The predicted molar refractivity (Wildman–Crippen MR) is 95.5 cm³/mol. The molecule has 0 aliphatic carbocycles. The molecule has 0 amide bonds. The van der Waals surface area contributed by atoms with Crippen LogP contribution in [0.2, 0.25) is 5.02 Å². The van der Waals surface area contributed by atoms with Crippen molar-refractivity contribution in [2.24, 2.45) is 4.99 Å². The lowest BCUT2D eigenvalue weighted by Gasteiger charge is -2.38. The first-order valence-electron chi connectivity index (χ1n) is 7.88. The molecule has 118 valence electrons. The topological polar surface area (TPSA) is 53.4 Å². The highest BCUT2D eigenvalue weighted by molar-refractivity contribution is 6.31. The van der Waals surface area contributed by atoms with Crippen molar-refractivity contribution in [3.63, 3.8) is 0 Å². The van der Waals surface area contributed by atoms with Crippen LogP contribution in [0.25, 0.3) is 11.0 Å². The quantitative estimate of drug-likeness (QED) is 0.740. The highest BCUT2D eigenvalue weighted by Crippen LogP contribution is 2.37. The minimum Gasteiger partial charge on any atom is -0.361 e. The lowest BCUT2D eigenvalue weighted by Crippen LogP contribution is -2.41. The summed E-state index contributed by atoms with van der Waals surface area (Å²) in [6, 6.07) is 12.0. The number of amidine groups is 1. The fourth-order valence-corrected chi connectivity index (χ4v) is 3.66. The summed E-state index contributed by atoms with van der Waals surface area (Å²) in [5.41, 5.74) is 5.01. The molecule has 0 spiro atoms. The van der Waals surface area contributed by atoms with Gasteiger partial charge in [-0.05, 0) is 24.3 Å². The maximum atomic E-state index is 6.19. The van der Waals surface area contributed by atoms with Crippen LogP contribution in [0, 0.1) is 0 Å². The van der Waals surface area contributed by atoms with Crippen LogP contribution in [-0.4, -0.2) is 33.8 Å². The Balaban J connectivity index is 1.70. The van der Waals surface area contributed by atoms with Gasteiger partial charge in [-0.15, -0.1) is 0 Å². The van der Waals surface area contributed by atoms with Crippen molar-refractivity contribution in [1.29, 1.82) is 0 Å². The standard InChI is InChI=1S/C18H14ClN5/c19-11-4-5-12-15(10-11)23-18(24-9-8-22-17(12)24)13-2-1-3-14-16(13)21-7-6-20-14/h1-7,10,18,23H,8-9H2/t18-/m0/s1. The number of fused-ring (bicyclic) bond motifs is 4. The fourth-order valence-electron chi connectivity index (χ4n) is 3.49. The van der Waals surface area contributed by atoms with E-state index in [1.165, 1.54) is 0 Å². The van der Waals surface area contributed by atoms with Gasteiger partial charge in [-0.3, -0.25) is 15.0 Å². The van der Waals surface area contributed by atoms with Gasteiger partial charge in [-0.25, -0.2) is 0 Å². The Bertz CT molecular complexity index is 979. The van der Waals surface area contributed by atoms with Crippen molar-refractivity contribution < 1.29 is 0 Å². The van der Waals surface area contributed by atoms with Gasteiger partial charge in [0.05, 0.1) is 17.6 Å². The molecule has 6 heteroatoms. The van der Waals surface area contributed by atoms with Crippen LogP contribution in [0.3, 0.4) is 0 Å². The number of nitrogens with zero attached hydrogens (tertiary/aromatic N) is 4. The minimum atomic E-state index is -0.0300. The number of aromatic nitrogens is 2. The molecule has 2 aliphatic heterocycles. The van der Waals surface area contributed by atoms with Crippen molar-refractivity contribution in [3.8, 4) is 0 Å². The summed E-state index contributed by atoms with van der Waals surface area (Å²) in [6.45, 7) is 1.68. The lowest BCUT2D eigenvalue weighted by molar-refractivity contribution is 0.372. The lowest BCUT2D eigenvalue weighted by atomic mass is 10.0. The number of halogens is 1. The van der Waals surface area contributed by atoms with Gasteiger partial charge < -0.3 is 10.2 Å². The molecule has 3 aromatic rings. The highest BCUT2D eigenvalue weighted by atomic mass is 35.5. The van der Waals surface area contributed by atoms with E-state index in [9.17, 15) is 0 Å². The van der Waals surface area contributed by atoms with Crippen LogP contribution in [0.1, 0.15) is 17.3 Å². The number of hydrogen-bond donors (Lipinski definition) is 1. The number of rotatable bonds is 1. The van der Waals surface area contributed by atoms with Gasteiger partial charge >= 0.3 is 0 Å². The van der Waals surface area contributed by atoms with Crippen molar-refractivity contribution >= 4 is 34.2 Å². The summed E-state index contributed by atoms with van der Waals surface area (Å²) >= 11 is 6.19. The van der Waals surface area contributed by atoms with Crippen LogP contribution >= 0.6 is 11.6 Å². The molecule has 0 saturated carbocycles. The first-order chi connectivity index (χ1) is 11.8. The molecule has 0 radical (unpaired) electrons. The van der Waals surface area contributed by atoms with Gasteiger partial charge in [0.25, 0.3) is 0 Å². The van der Waals surface area contributed by atoms with Crippen LogP contribution in [-0.2, 0) is 0 Å². The minimum absolute atomic E-state index is 0.0300. The summed E-state index contributed by atoms with van der Waals surface area (Å²) in [6.07, 6.45) is 3.43. The number of hydrogen-bond acceptors (Lipinski definition) is 5. The second kappa shape index (κ2) is 5.18. The van der Waals surface area contributed by atoms with E-state index >= 15 is 0 Å².